The van der Waals surface area contributed by atoms with Gasteiger partial charge in [0.1, 0.15) is 5.75 Å². The van der Waals surface area contributed by atoms with Crippen molar-refractivity contribution in [3.05, 3.63) is 24.3 Å². The summed E-state index contributed by atoms with van der Waals surface area (Å²) in [5.74, 6) is -1.42. The van der Waals surface area contributed by atoms with Gasteiger partial charge in [-0.1, -0.05) is 0 Å². The number of carbonyl (C=O) groups is 1. The Kier molecular flexibility index (Phi) is 5.94. The molecule has 1 saturated carbocycles. The van der Waals surface area contributed by atoms with E-state index >= 15 is 0 Å². The highest BCUT2D eigenvalue weighted by Crippen LogP contribution is 2.26. The quantitative estimate of drug-likeness (QED) is 0.790. The summed E-state index contributed by atoms with van der Waals surface area (Å²) in [6.07, 6.45) is -2.84. The first-order valence-corrected chi connectivity index (χ1v) is 9.10. The Morgan fingerprint density at radius 2 is 1.72 bits per heavy atom. The molecule has 6 nitrogen and oxygen atoms in total. The molecule has 0 saturated heterocycles. The van der Waals surface area contributed by atoms with Crippen LogP contribution in [0.25, 0.3) is 0 Å². The third-order valence-electron chi connectivity index (χ3n) is 3.93. The lowest BCUT2D eigenvalue weighted by molar-refractivity contribution is -0.153. The van der Waals surface area contributed by atoms with Gasteiger partial charge in [0.25, 0.3) is 0 Å². The predicted molar refractivity (Wildman–Crippen MR) is 81.7 cm³/mol. The number of rotatable bonds is 6. The SMILES string of the molecule is O=C(O)C1CCC(NS(=O)(=O)c2ccc(OCC(F)(F)F)cc2)CC1. The van der Waals surface area contributed by atoms with E-state index in [1.165, 1.54) is 0 Å². The van der Waals surface area contributed by atoms with Crippen LogP contribution in [0.2, 0.25) is 0 Å². The van der Waals surface area contributed by atoms with Gasteiger partial charge in [-0.2, -0.15) is 13.2 Å². The molecule has 2 N–H and O–H groups in total. The van der Waals surface area contributed by atoms with Crippen LogP contribution in [0.4, 0.5) is 13.2 Å². The summed E-state index contributed by atoms with van der Waals surface area (Å²) in [5.41, 5.74) is 0. The van der Waals surface area contributed by atoms with Crippen LogP contribution in [0.5, 0.6) is 5.75 Å². The smallest absolute Gasteiger partial charge is 0.422 e. The van der Waals surface area contributed by atoms with Crippen LogP contribution in [-0.2, 0) is 14.8 Å². The van der Waals surface area contributed by atoms with E-state index in [9.17, 15) is 26.4 Å². The number of carboxylic acids is 1. The molecule has 0 atom stereocenters. The van der Waals surface area contributed by atoms with Crippen LogP contribution in [0.3, 0.4) is 0 Å². The number of halogens is 3. The Morgan fingerprint density at radius 1 is 1.16 bits per heavy atom. The van der Waals surface area contributed by atoms with Crippen LogP contribution in [-0.4, -0.2) is 38.3 Å². The average molecular weight is 381 g/mol. The first kappa shape index (κ1) is 19.5. The van der Waals surface area contributed by atoms with E-state index < -0.39 is 34.7 Å². The van der Waals surface area contributed by atoms with E-state index in [2.05, 4.69) is 9.46 Å². The molecule has 0 aromatic heterocycles. The summed E-state index contributed by atoms with van der Waals surface area (Å²) >= 11 is 0. The number of hydrogen-bond acceptors (Lipinski definition) is 4. The second kappa shape index (κ2) is 7.61. The molecule has 0 heterocycles. The molecule has 0 spiro atoms. The largest absolute Gasteiger partial charge is 0.484 e. The highest BCUT2D eigenvalue weighted by atomic mass is 32.2. The Hall–Kier alpha value is -1.81. The van der Waals surface area contributed by atoms with Crippen molar-refractivity contribution in [1.82, 2.24) is 4.72 Å². The Bertz CT molecular complexity index is 695. The van der Waals surface area contributed by atoms with Crippen molar-refractivity contribution in [2.75, 3.05) is 6.61 Å². The lowest BCUT2D eigenvalue weighted by Gasteiger charge is -2.26. The van der Waals surface area contributed by atoms with Gasteiger partial charge in [-0.05, 0) is 49.9 Å². The standard InChI is InChI=1S/C15H18F3NO5S/c16-15(17,18)9-24-12-5-7-13(8-6-12)25(22,23)19-11-3-1-10(2-4-11)14(20)21/h5-8,10-11,19H,1-4,9H2,(H,20,21). The number of benzene rings is 1. The van der Waals surface area contributed by atoms with E-state index in [0.717, 1.165) is 24.3 Å². The van der Waals surface area contributed by atoms with Crippen LogP contribution < -0.4 is 9.46 Å². The van der Waals surface area contributed by atoms with Gasteiger partial charge in [-0.25, -0.2) is 13.1 Å². The Balaban J connectivity index is 1.94. The second-order valence-electron chi connectivity index (χ2n) is 5.88. The van der Waals surface area contributed by atoms with Crippen LogP contribution in [0, 0.1) is 5.92 Å². The molecule has 2 rings (SSSR count). The average Bonchev–Trinajstić information content (AvgIpc) is 2.53. The third kappa shape index (κ3) is 5.89. The van der Waals surface area contributed by atoms with Crippen LogP contribution >= 0.6 is 0 Å². The molecule has 0 unspecified atom stereocenters. The fourth-order valence-electron chi connectivity index (χ4n) is 2.63. The number of aliphatic carboxylic acids is 1. The fraction of sp³-hybridized carbons (Fsp3) is 0.533. The predicted octanol–water partition coefficient (Wildman–Crippen LogP) is 2.55. The monoisotopic (exact) mass is 381 g/mol. The van der Waals surface area contributed by atoms with Gasteiger partial charge in [0.05, 0.1) is 10.8 Å². The number of alkyl halides is 3. The Morgan fingerprint density at radius 3 is 2.20 bits per heavy atom. The van der Waals surface area contributed by atoms with Gasteiger partial charge in [0.2, 0.25) is 10.0 Å². The molecule has 1 aromatic rings. The summed E-state index contributed by atoms with van der Waals surface area (Å²) in [6, 6.07) is 4.28. The molecule has 0 radical (unpaired) electrons. The fourth-order valence-corrected chi connectivity index (χ4v) is 3.93. The summed E-state index contributed by atoms with van der Waals surface area (Å²) in [5, 5.41) is 8.93. The van der Waals surface area contributed by atoms with Crippen LogP contribution in [0.1, 0.15) is 25.7 Å². The molecule has 1 fully saturated rings. The molecule has 1 aromatic carbocycles. The lowest BCUT2D eigenvalue weighted by Crippen LogP contribution is -2.38. The normalized spacial score (nSPS) is 21.7. The van der Waals surface area contributed by atoms with Crippen molar-refractivity contribution in [3.8, 4) is 5.75 Å². The van der Waals surface area contributed by atoms with Crippen molar-refractivity contribution in [2.24, 2.45) is 5.92 Å². The van der Waals surface area contributed by atoms with E-state index in [1.807, 2.05) is 0 Å². The molecule has 1 aliphatic carbocycles. The van der Waals surface area contributed by atoms with E-state index in [4.69, 9.17) is 5.11 Å². The van der Waals surface area contributed by atoms with E-state index in [1.54, 1.807) is 0 Å². The molecule has 140 valence electrons. The minimum Gasteiger partial charge on any atom is -0.484 e. The molecule has 0 amide bonds. The van der Waals surface area contributed by atoms with E-state index in [0.29, 0.717) is 25.7 Å². The molecular formula is C15H18F3NO5S. The molecule has 10 heteroatoms. The van der Waals surface area contributed by atoms with Crippen molar-refractivity contribution in [2.45, 2.75) is 42.8 Å². The zero-order valence-corrected chi connectivity index (χ0v) is 13.9. The molecule has 0 aliphatic heterocycles. The van der Waals surface area contributed by atoms with Crippen LogP contribution in [0.15, 0.2) is 29.2 Å². The summed E-state index contributed by atoms with van der Waals surface area (Å²) in [7, 11) is -3.83. The maximum Gasteiger partial charge on any atom is 0.422 e. The van der Waals surface area contributed by atoms with Crippen molar-refractivity contribution >= 4 is 16.0 Å². The number of nitrogens with one attached hydrogen (secondary N) is 1. The first-order chi connectivity index (χ1) is 11.6. The van der Waals surface area contributed by atoms with Crippen molar-refractivity contribution < 1.29 is 36.2 Å². The van der Waals surface area contributed by atoms with Crippen molar-refractivity contribution in [1.29, 1.82) is 0 Å². The maximum absolute atomic E-state index is 12.3. The lowest BCUT2D eigenvalue weighted by atomic mass is 9.87. The van der Waals surface area contributed by atoms with Gasteiger partial charge in [-0.3, -0.25) is 4.79 Å². The molecule has 25 heavy (non-hydrogen) atoms. The highest BCUT2D eigenvalue weighted by Gasteiger charge is 2.30. The van der Waals surface area contributed by atoms with Gasteiger partial charge >= 0.3 is 12.1 Å². The number of carboxylic acid groups (broad SMARTS) is 1. The second-order valence-corrected chi connectivity index (χ2v) is 7.60. The topological polar surface area (TPSA) is 92.7 Å². The number of sulfonamides is 1. The van der Waals surface area contributed by atoms with Gasteiger partial charge in [0.15, 0.2) is 6.61 Å². The molecule has 1 aliphatic rings. The summed E-state index contributed by atoms with van der Waals surface area (Å²) in [6.45, 7) is -1.45. The Labute approximate surface area is 143 Å². The first-order valence-electron chi connectivity index (χ1n) is 7.61. The van der Waals surface area contributed by atoms with E-state index in [-0.39, 0.29) is 16.7 Å². The minimum atomic E-state index is -4.47. The van der Waals surface area contributed by atoms with Gasteiger partial charge < -0.3 is 9.84 Å². The summed E-state index contributed by atoms with van der Waals surface area (Å²) < 4.78 is 67.9. The third-order valence-corrected chi connectivity index (χ3v) is 5.47. The molecular weight excluding hydrogens is 363 g/mol. The van der Waals surface area contributed by atoms with Gasteiger partial charge in [0, 0.05) is 6.04 Å². The van der Waals surface area contributed by atoms with Crippen molar-refractivity contribution in [3.63, 3.8) is 0 Å². The number of hydrogen-bond donors (Lipinski definition) is 2. The molecule has 0 bridgehead atoms. The highest BCUT2D eigenvalue weighted by molar-refractivity contribution is 7.89. The maximum atomic E-state index is 12.3. The van der Waals surface area contributed by atoms with Gasteiger partial charge in [-0.15, -0.1) is 0 Å². The number of ether oxygens (including phenoxy) is 1. The summed E-state index contributed by atoms with van der Waals surface area (Å²) in [4.78, 5) is 10.8. The zero-order chi connectivity index (χ0) is 18.7. The minimum absolute atomic E-state index is 0.0850. The zero-order valence-electron chi connectivity index (χ0n) is 13.1.